The van der Waals surface area contributed by atoms with Gasteiger partial charge in [-0.2, -0.15) is 0 Å². The standard InChI is InChI=1S/C26H31FO3/c27-25-17-23(21-13-7-4-8-14-21)24(19-30-18-20-11-5-3-6-12-20)22(25)15-9-1-2-10-16-26(28)29/h1,3-9,11-14,22-25H,2,10,15-19H2,(H,28,29)/b9-1-/t22-,23?,24-,25-/m0/s1. The molecule has 2 aromatic rings. The predicted molar refractivity (Wildman–Crippen MR) is 117 cm³/mol. The number of hydrogen-bond acceptors (Lipinski definition) is 2. The van der Waals surface area contributed by atoms with Crippen molar-refractivity contribution >= 4 is 5.97 Å². The van der Waals surface area contributed by atoms with Gasteiger partial charge in [0.15, 0.2) is 0 Å². The molecule has 30 heavy (non-hydrogen) atoms. The number of unbranched alkanes of at least 4 members (excludes halogenated alkanes) is 1. The summed E-state index contributed by atoms with van der Waals surface area (Å²) in [7, 11) is 0. The molecule has 0 amide bonds. The van der Waals surface area contributed by atoms with Crippen LogP contribution >= 0.6 is 0 Å². The Kier molecular flexibility index (Phi) is 8.64. The average molecular weight is 411 g/mol. The van der Waals surface area contributed by atoms with Crippen molar-refractivity contribution < 1.29 is 19.0 Å². The van der Waals surface area contributed by atoms with Crippen LogP contribution in [0.3, 0.4) is 0 Å². The first kappa shape index (κ1) is 22.2. The normalized spacial score (nSPS) is 23.8. The number of carbonyl (C=O) groups is 1. The summed E-state index contributed by atoms with van der Waals surface area (Å²) in [6.45, 7) is 1.07. The van der Waals surface area contributed by atoms with Crippen molar-refractivity contribution in [3.05, 3.63) is 83.9 Å². The number of carboxylic acids is 1. The molecule has 3 rings (SSSR count). The van der Waals surface area contributed by atoms with Crippen LogP contribution in [0.2, 0.25) is 0 Å². The van der Waals surface area contributed by atoms with Crippen LogP contribution < -0.4 is 0 Å². The van der Waals surface area contributed by atoms with Gasteiger partial charge in [-0.1, -0.05) is 72.8 Å². The molecule has 1 saturated carbocycles. The summed E-state index contributed by atoms with van der Waals surface area (Å²) in [5.74, 6) is -0.580. The molecule has 1 fully saturated rings. The van der Waals surface area contributed by atoms with Crippen molar-refractivity contribution in [3.63, 3.8) is 0 Å². The number of alkyl halides is 1. The van der Waals surface area contributed by atoms with Crippen LogP contribution in [-0.2, 0) is 16.1 Å². The zero-order valence-corrected chi connectivity index (χ0v) is 17.3. The molecule has 2 aromatic carbocycles. The molecule has 4 atom stereocenters. The van der Waals surface area contributed by atoms with E-state index in [1.165, 1.54) is 5.56 Å². The molecule has 160 valence electrons. The van der Waals surface area contributed by atoms with Crippen molar-refractivity contribution in [1.82, 2.24) is 0 Å². The minimum absolute atomic E-state index is 0.0818. The highest BCUT2D eigenvalue weighted by Crippen LogP contribution is 2.47. The third-order valence-corrected chi connectivity index (χ3v) is 6.00. The lowest BCUT2D eigenvalue weighted by atomic mass is 9.84. The summed E-state index contributed by atoms with van der Waals surface area (Å²) in [4.78, 5) is 10.6. The van der Waals surface area contributed by atoms with Crippen molar-refractivity contribution in [3.8, 4) is 0 Å². The molecule has 0 bridgehead atoms. The summed E-state index contributed by atoms with van der Waals surface area (Å²) in [6, 6.07) is 20.3. The quantitative estimate of drug-likeness (QED) is 0.356. The van der Waals surface area contributed by atoms with Crippen LogP contribution in [0.4, 0.5) is 4.39 Å². The fraction of sp³-hybridized carbons (Fsp3) is 0.423. The molecule has 1 N–H and O–H groups in total. The van der Waals surface area contributed by atoms with Gasteiger partial charge in [-0.25, -0.2) is 4.39 Å². The second-order valence-electron chi connectivity index (χ2n) is 8.09. The fourth-order valence-electron chi connectivity index (χ4n) is 4.43. The van der Waals surface area contributed by atoms with Gasteiger partial charge in [-0.3, -0.25) is 4.79 Å². The van der Waals surface area contributed by atoms with Crippen molar-refractivity contribution in [2.45, 2.75) is 50.8 Å². The Labute approximate surface area is 178 Å². The summed E-state index contributed by atoms with van der Waals surface area (Å²) in [5.41, 5.74) is 2.31. The highest BCUT2D eigenvalue weighted by atomic mass is 19.1. The van der Waals surface area contributed by atoms with Crippen LogP contribution in [0.1, 0.15) is 49.1 Å². The minimum atomic E-state index is -0.857. The monoisotopic (exact) mass is 410 g/mol. The molecular formula is C26H31FO3. The number of ether oxygens (including phenoxy) is 1. The molecule has 1 unspecified atom stereocenters. The van der Waals surface area contributed by atoms with Crippen molar-refractivity contribution in [1.29, 1.82) is 0 Å². The Morgan fingerprint density at radius 3 is 2.43 bits per heavy atom. The Morgan fingerprint density at radius 2 is 1.73 bits per heavy atom. The van der Waals surface area contributed by atoms with Crippen molar-refractivity contribution in [2.24, 2.45) is 11.8 Å². The second-order valence-corrected chi connectivity index (χ2v) is 8.09. The highest BCUT2D eigenvalue weighted by Gasteiger charge is 2.43. The van der Waals surface area contributed by atoms with E-state index in [-0.39, 0.29) is 24.2 Å². The number of allylic oxidation sites excluding steroid dienone is 2. The van der Waals surface area contributed by atoms with Crippen LogP contribution in [0, 0.1) is 11.8 Å². The van der Waals surface area contributed by atoms with Crippen molar-refractivity contribution in [2.75, 3.05) is 6.61 Å². The molecule has 0 aromatic heterocycles. The zero-order valence-electron chi connectivity index (χ0n) is 17.3. The Morgan fingerprint density at radius 1 is 1.03 bits per heavy atom. The lowest BCUT2D eigenvalue weighted by molar-refractivity contribution is -0.137. The number of rotatable bonds is 11. The molecule has 0 heterocycles. The van der Waals surface area contributed by atoms with Gasteiger partial charge >= 0.3 is 5.97 Å². The number of halogens is 1. The van der Waals surface area contributed by atoms with Gasteiger partial charge in [0.05, 0.1) is 13.2 Å². The molecule has 0 radical (unpaired) electrons. The van der Waals surface area contributed by atoms with E-state index in [9.17, 15) is 4.79 Å². The zero-order chi connectivity index (χ0) is 21.2. The highest BCUT2D eigenvalue weighted by molar-refractivity contribution is 5.66. The van der Waals surface area contributed by atoms with Gasteiger partial charge < -0.3 is 9.84 Å². The molecule has 0 spiro atoms. The average Bonchev–Trinajstić information content (AvgIpc) is 3.07. The van der Waals surface area contributed by atoms with E-state index in [0.29, 0.717) is 38.9 Å². The van der Waals surface area contributed by atoms with Crippen LogP contribution in [0.5, 0.6) is 0 Å². The summed E-state index contributed by atoms with van der Waals surface area (Å²) >= 11 is 0. The Bertz CT molecular complexity index is 790. The van der Waals surface area contributed by atoms with E-state index in [4.69, 9.17) is 9.84 Å². The lowest BCUT2D eigenvalue weighted by Crippen LogP contribution is -2.22. The smallest absolute Gasteiger partial charge is 0.303 e. The van der Waals surface area contributed by atoms with E-state index in [1.54, 1.807) is 0 Å². The van der Waals surface area contributed by atoms with E-state index >= 15 is 4.39 Å². The number of aliphatic carboxylic acids is 1. The van der Waals surface area contributed by atoms with Gasteiger partial charge in [0.1, 0.15) is 6.17 Å². The van der Waals surface area contributed by atoms with Crippen LogP contribution in [-0.4, -0.2) is 23.9 Å². The summed E-state index contributed by atoms with van der Waals surface area (Å²) in [6.07, 6.45) is 5.86. The maximum Gasteiger partial charge on any atom is 0.303 e. The molecule has 3 nitrogen and oxygen atoms in total. The number of hydrogen-bond donors (Lipinski definition) is 1. The van der Waals surface area contributed by atoms with Crippen LogP contribution in [0.25, 0.3) is 0 Å². The first-order chi connectivity index (χ1) is 14.6. The van der Waals surface area contributed by atoms with E-state index in [0.717, 1.165) is 5.56 Å². The van der Waals surface area contributed by atoms with Gasteiger partial charge in [-0.15, -0.1) is 0 Å². The summed E-state index contributed by atoms with van der Waals surface area (Å²) < 4.78 is 21.1. The molecular weight excluding hydrogens is 379 g/mol. The maximum atomic E-state index is 15.0. The minimum Gasteiger partial charge on any atom is -0.481 e. The molecule has 1 aliphatic carbocycles. The number of carboxylic acid groups (broad SMARTS) is 1. The molecule has 0 aliphatic heterocycles. The third-order valence-electron chi connectivity index (χ3n) is 6.00. The van der Waals surface area contributed by atoms with E-state index < -0.39 is 12.1 Å². The lowest BCUT2D eigenvalue weighted by Gasteiger charge is -2.25. The van der Waals surface area contributed by atoms with Gasteiger partial charge in [0, 0.05) is 6.42 Å². The van der Waals surface area contributed by atoms with E-state index in [1.807, 2.05) is 60.7 Å². The predicted octanol–water partition coefficient (Wildman–Crippen LogP) is 6.16. The maximum absolute atomic E-state index is 15.0. The van der Waals surface area contributed by atoms with E-state index in [2.05, 4.69) is 12.1 Å². The third kappa shape index (κ3) is 6.53. The second kappa shape index (κ2) is 11.7. The largest absolute Gasteiger partial charge is 0.481 e. The molecule has 0 saturated heterocycles. The Hall–Kier alpha value is -2.46. The molecule has 4 heteroatoms. The SMILES string of the molecule is O=C(O)CCC/C=C\C[C@H]1[C@H](COCc2ccccc2)C(c2ccccc2)C[C@@H]1F. The topological polar surface area (TPSA) is 46.5 Å². The summed E-state index contributed by atoms with van der Waals surface area (Å²) in [5, 5.41) is 8.73. The molecule has 1 aliphatic rings. The number of benzene rings is 2. The fourth-order valence-corrected chi connectivity index (χ4v) is 4.43. The Balaban J connectivity index is 1.62. The van der Waals surface area contributed by atoms with Crippen LogP contribution in [0.15, 0.2) is 72.8 Å². The van der Waals surface area contributed by atoms with Gasteiger partial charge in [0.25, 0.3) is 0 Å². The first-order valence-corrected chi connectivity index (χ1v) is 10.8. The first-order valence-electron chi connectivity index (χ1n) is 10.8. The van der Waals surface area contributed by atoms with Gasteiger partial charge in [-0.05, 0) is 54.6 Å². The van der Waals surface area contributed by atoms with Gasteiger partial charge in [0.2, 0.25) is 0 Å².